The monoisotopic (exact) mass is 284 g/mol. The van der Waals surface area contributed by atoms with Gasteiger partial charge >= 0.3 is 0 Å². The first-order valence-electron chi connectivity index (χ1n) is 6.65. The Hall–Kier alpha value is -1.86. The molecule has 0 radical (unpaired) electrons. The number of carbonyl (C=O) groups excluding carboxylic acids is 1. The molecule has 0 amide bonds. The highest BCUT2D eigenvalue weighted by molar-refractivity contribution is 6.18. The maximum atomic E-state index is 12.0. The Morgan fingerprint density at radius 1 is 0.900 bits per heavy atom. The molecule has 0 spiro atoms. The van der Waals surface area contributed by atoms with Crippen LogP contribution in [-0.2, 0) is 4.79 Å². The summed E-state index contributed by atoms with van der Waals surface area (Å²) < 4.78 is 0. The molecule has 0 aromatic heterocycles. The summed E-state index contributed by atoms with van der Waals surface area (Å²) in [6, 6.07) is 20.0. The highest BCUT2D eigenvalue weighted by atomic mass is 35.5. The normalized spacial score (nSPS) is 10.1. The molecule has 0 heterocycles. The second kappa shape index (κ2) is 7.06. The Kier molecular flexibility index (Phi) is 5.14. The van der Waals surface area contributed by atoms with Gasteiger partial charge in [0.15, 0.2) is 5.78 Å². The van der Waals surface area contributed by atoms with Crippen LogP contribution in [0.3, 0.4) is 0 Å². The van der Waals surface area contributed by atoms with Gasteiger partial charge in [0.05, 0.1) is 0 Å². The standard InChI is InChI=1S/C18H17ClO/c1-14(20)17(12-13-19)18(15-8-4-2-5-9-15)16-10-6-3-7-11-16/h2-11H,12-13H2,1H3. The number of alkyl halides is 1. The van der Waals surface area contributed by atoms with Gasteiger partial charge in [0, 0.05) is 11.5 Å². The second-order valence-electron chi connectivity index (χ2n) is 4.58. The molecule has 1 nitrogen and oxygen atoms in total. The van der Waals surface area contributed by atoms with E-state index in [1.54, 1.807) is 6.92 Å². The number of rotatable bonds is 5. The first-order valence-corrected chi connectivity index (χ1v) is 7.18. The highest BCUT2D eigenvalue weighted by Gasteiger charge is 2.14. The third-order valence-electron chi connectivity index (χ3n) is 3.20. The Balaban J connectivity index is 2.66. The van der Waals surface area contributed by atoms with Crippen LogP contribution in [0.4, 0.5) is 0 Å². The summed E-state index contributed by atoms with van der Waals surface area (Å²) >= 11 is 5.87. The van der Waals surface area contributed by atoms with Gasteiger partial charge in [-0.3, -0.25) is 4.79 Å². The molecule has 0 aliphatic rings. The lowest BCUT2D eigenvalue weighted by Crippen LogP contribution is -2.04. The summed E-state index contributed by atoms with van der Waals surface area (Å²) in [5.74, 6) is 0.520. The number of Topliss-reactive ketones (excluding diaryl/α,β-unsaturated/α-hetero) is 1. The lowest BCUT2D eigenvalue weighted by Gasteiger charge is -2.14. The van der Waals surface area contributed by atoms with E-state index in [-0.39, 0.29) is 5.78 Å². The minimum atomic E-state index is 0.0772. The average molecular weight is 285 g/mol. The minimum absolute atomic E-state index is 0.0772. The zero-order valence-electron chi connectivity index (χ0n) is 11.5. The number of hydrogen-bond acceptors (Lipinski definition) is 1. The maximum absolute atomic E-state index is 12.0. The smallest absolute Gasteiger partial charge is 0.156 e. The van der Waals surface area contributed by atoms with Gasteiger partial charge in [-0.25, -0.2) is 0 Å². The third-order valence-corrected chi connectivity index (χ3v) is 3.39. The first kappa shape index (κ1) is 14.5. The summed E-state index contributed by atoms with van der Waals surface area (Å²) in [5, 5.41) is 0. The van der Waals surface area contributed by atoms with Gasteiger partial charge in [-0.05, 0) is 30.0 Å². The van der Waals surface area contributed by atoms with Gasteiger partial charge in [0.1, 0.15) is 0 Å². The van der Waals surface area contributed by atoms with Crippen LogP contribution in [-0.4, -0.2) is 11.7 Å². The zero-order chi connectivity index (χ0) is 14.4. The molecule has 2 aromatic carbocycles. The van der Waals surface area contributed by atoms with Crippen molar-refractivity contribution in [3.63, 3.8) is 0 Å². The molecule has 0 N–H and O–H groups in total. The Labute approximate surface area is 124 Å². The largest absolute Gasteiger partial charge is 0.295 e. The molecule has 0 saturated heterocycles. The van der Waals surface area contributed by atoms with Crippen molar-refractivity contribution in [2.45, 2.75) is 13.3 Å². The maximum Gasteiger partial charge on any atom is 0.156 e. The van der Waals surface area contributed by atoms with E-state index in [9.17, 15) is 4.79 Å². The summed E-state index contributed by atoms with van der Waals surface area (Å²) in [7, 11) is 0. The summed E-state index contributed by atoms with van der Waals surface area (Å²) in [6.07, 6.45) is 0.579. The molecule has 0 aliphatic heterocycles. The number of halogens is 1. The van der Waals surface area contributed by atoms with E-state index in [0.29, 0.717) is 12.3 Å². The van der Waals surface area contributed by atoms with Gasteiger partial charge < -0.3 is 0 Å². The van der Waals surface area contributed by atoms with Crippen molar-refractivity contribution in [1.29, 1.82) is 0 Å². The van der Waals surface area contributed by atoms with Crippen LogP contribution in [0.1, 0.15) is 24.5 Å². The molecule has 20 heavy (non-hydrogen) atoms. The quantitative estimate of drug-likeness (QED) is 0.574. The molecule has 0 aliphatic carbocycles. The van der Waals surface area contributed by atoms with E-state index in [2.05, 4.69) is 0 Å². The molecule has 2 rings (SSSR count). The average Bonchev–Trinajstić information content (AvgIpc) is 2.49. The summed E-state index contributed by atoms with van der Waals surface area (Å²) in [4.78, 5) is 12.0. The van der Waals surface area contributed by atoms with Crippen LogP contribution in [0, 0.1) is 0 Å². The van der Waals surface area contributed by atoms with Crippen LogP contribution in [0.15, 0.2) is 66.2 Å². The predicted octanol–water partition coefficient (Wildman–Crippen LogP) is 4.71. The molecular weight excluding hydrogens is 268 g/mol. The molecule has 0 saturated carbocycles. The Morgan fingerprint density at radius 3 is 1.70 bits per heavy atom. The SMILES string of the molecule is CC(=O)C(CCCl)=C(c1ccccc1)c1ccccc1. The van der Waals surface area contributed by atoms with Crippen LogP contribution < -0.4 is 0 Å². The van der Waals surface area contributed by atoms with Crippen LogP contribution >= 0.6 is 11.6 Å². The van der Waals surface area contributed by atoms with E-state index in [1.807, 2.05) is 60.7 Å². The topological polar surface area (TPSA) is 17.1 Å². The number of hydrogen-bond donors (Lipinski definition) is 0. The van der Waals surface area contributed by atoms with Gasteiger partial charge in [-0.2, -0.15) is 0 Å². The lowest BCUT2D eigenvalue weighted by atomic mass is 9.90. The van der Waals surface area contributed by atoms with Crippen molar-refractivity contribution in [2.24, 2.45) is 0 Å². The van der Waals surface area contributed by atoms with E-state index in [4.69, 9.17) is 11.6 Å². The number of benzene rings is 2. The molecule has 2 heteroatoms. The third kappa shape index (κ3) is 3.37. The van der Waals surface area contributed by atoms with Crippen LogP contribution in [0.25, 0.3) is 5.57 Å². The van der Waals surface area contributed by atoms with Gasteiger partial charge in [0.25, 0.3) is 0 Å². The van der Waals surface area contributed by atoms with Crippen molar-refractivity contribution in [1.82, 2.24) is 0 Å². The molecule has 2 aromatic rings. The van der Waals surface area contributed by atoms with Crippen LogP contribution in [0.5, 0.6) is 0 Å². The lowest BCUT2D eigenvalue weighted by molar-refractivity contribution is -0.113. The Bertz CT molecular complexity index is 558. The first-order chi connectivity index (χ1) is 9.74. The summed E-state index contributed by atoms with van der Waals surface area (Å²) in [5.41, 5.74) is 3.87. The fraction of sp³-hybridized carbons (Fsp3) is 0.167. The molecule has 0 bridgehead atoms. The van der Waals surface area contributed by atoms with Crippen molar-refractivity contribution >= 4 is 23.0 Å². The summed E-state index contributed by atoms with van der Waals surface area (Å²) in [6.45, 7) is 1.60. The molecule has 0 atom stereocenters. The van der Waals surface area contributed by atoms with Crippen LogP contribution in [0.2, 0.25) is 0 Å². The van der Waals surface area contributed by atoms with Crippen molar-refractivity contribution in [2.75, 3.05) is 5.88 Å². The van der Waals surface area contributed by atoms with Crippen molar-refractivity contribution < 1.29 is 4.79 Å². The predicted molar refractivity (Wildman–Crippen MR) is 84.9 cm³/mol. The molecule has 102 valence electrons. The molecular formula is C18H17ClO. The number of carbonyl (C=O) groups is 1. The molecule has 0 fully saturated rings. The molecule has 0 unspecified atom stereocenters. The van der Waals surface area contributed by atoms with E-state index in [0.717, 1.165) is 22.3 Å². The Morgan fingerprint density at radius 2 is 1.35 bits per heavy atom. The second-order valence-corrected chi connectivity index (χ2v) is 4.96. The van der Waals surface area contributed by atoms with Crippen molar-refractivity contribution in [3.05, 3.63) is 77.4 Å². The zero-order valence-corrected chi connectivity index (χ0v) is 12.2. The fourth-order valence-electron chi connectivity index (χ4n) is 2.30. The number of ketones is 1. The minimum Gasteiger partial charge on any atom is -0.295 e. The fourth-order valence-corrected chi connectivity index (χ4v) is 2.49. The van der Waals surface area contributed by atoms with Gasteiger partial charge in [-0.15, -0.1) is 11.6 Å². The van der Waals surface area contributed by atoms with E-state index < -0.39 is 0 Å². The van der Waals surface area contributed by atoms with E-state index >= 15 is 0 Å². The van der Waals surface area contributed by atoms with Crippen molar-refractivity contribution in [3.8, 4) is 0 Å². The van der Waals surface area contributed by atoms with Gasteiger partial charge in [0.2, 0.25) is 0 Å². The highest BCUT2D eigenvalue weighted by Crippen LogP contribution is 2.29. The van der Waals surface area contributed by atoms with Gasteiger partial charge in [-0.1, -0.05) is 60.7 Å². The number of allylic oxidation sites excluding steroid dienone is 1. The van der Waals surface area contributed by atoms with E-state index in [1.165, 1.54) is 0 Å².